The first-order chi connectivity index (χ1) is 13.0. The largest absolute Gasteiger partial charge is 0.490 e. The van der Waals surface area contributed by atoms with Crippen LogP contribution in [0.4, 0.5) is 13.2 Å². The number of carboxylic acids is 1. The second-order valence-corrected chi connectivity index (χ2v) is 6.97. The number of rotatable bonds is 2. The van der Waals surface area contributed by atoms with Crippen molar-refractivity contribution in [3.63, 3.8) is 0 Å². The van der Waals surface area contributed by atoms with Crippen molar-refractivity contribution in [2.75, 3.05) is 26.8 Å². The van der Waals surface area contributed by atoms with Gasteiger partial charge in [-0.05, 0) is 32.4 Å². The van der Waals surface area contributed by atoms with Crippen molar-refractivity contribution >= 4 is 11.9 Å². The lowest BCUT2D eigenvalue weighted by Gasteiger charge is -2.23. The highest BCUT2D eigenvalue weighted by Crippen LogP contribution is 2.36. The number of likely N-dealkylation sites (tertiary alicyclic amines) is 1. The summed E-state index contributed by atoms with van der Waals surface area (Å²) in [7, 11) is 1.72. The smallest absolute Gasteiger partial charge is 0.475 e. The number of halogens is 3. The van der Waals surface area contributed by atoms with Crippen LogP contribution in [0, 0.1) is 13.8 Å². The number of carboxylic acid groups (broad SMARTS) is 1. The summed E-state index contributed by atoms with van der Waals surface area (Å²) in [5.41, 5.74) is 2.28. The molecule has 1 aromatic rings. The van der Waals surface area contributed by atoms with Crippen molar-refractivity contribution in [1.82, 2.24) is 9.88 Å². The fourth-order valence-electron chi connectivity index (χ4n) is 3.40. The van der Waals surface area contributed by atoms with Crippen LogP contribution in [0.3, 0.4) is 0 Å². The van der Waals surface area contributed by atoms with Crippen LogP contribution in [0.25, 0.3) is 0 Å². The molecule has 28 heavy (non-hydrogen) atoms. The summed E-state index contributed by atoms with van der Waals surface area (Å²) >= 11 is 0. The van der Waals surface area contributed by atoms with E-state index in [0.29, 0.717) is 13.2 Å². The van der Waals surface area contributed by atoms with Gasteiger partial charge in [0.2, 0.25) is 0 Å². The van der Waals surface area contributed by atoms with E-state index in [2.05, 4.69) is 4.98 Å². The quantitative estimate of drug-likeness (QED) is 0.814. The first-order valence-electron chi connectivity index (χ1n) is 8.67. The predicted molar refractivity (Wildman–Crippen MR) is 92.0 cm³/mol. The van der Waals surface area contributed by atoms with Gasteiger partial charge in [-0.2, -0.15) is 13.2 Å². The van der Waals surface area contributed by atoms with Crippen molar-refractivity contribution in [3.05, 3.63) is 29.1 Å². The van der Waals surface area contributed by atoms with E-state index in [1.807, 2.05) is 30.9 Å². The molecule has 0 unspecified atom stereocenters. The van der Waals surface area contributed by atoms with Crippen molar-refractivity contribution in [2.24, 2.45) is 0 Å². The summed E-state index contributed by atoms with van der Waals surface area (Å²) in [5.74, 6) is -2.68. The van der Waals surface area contributed by atoms with Crippen molar-refractivity contribution in [2.45, 2.75) is 44.6 Å². The van der Waals surface area contributed by atoms with E-state index in [1.54, 1.807) is 7.11 Å². The summed E-state index contributed by atoms with van der Waals surface area (Å²) in [6, 6.07) is 3.71. The molecule has 3 heterocycles. The number of ether oxygens (including phenoxy) is 2. The van der Waals surface area contributed by atoms with Crippen molar-refractivity contribution in [3.8, 4) is 0 Å². The Balaban J connectivity index is 0.000000345. The molecular weight excluding hydrogens is 381 g/mol. The molecule has 1 N–H and O–H groups in total. The van der Waals surface area contributed by atoms with Crippen LogP contribution in [0.2, 0.25) is 0 Å². The Morgan fingerprint density at radius 1 is 1.32 bits per heavy atom. The molecule has 2 aliphatic heterocycles. The van der Waals surface area contributed by atoms with Gasteiger partial charge in [-0.25, -0.2) is 4.79 Å². The van der Waals surface area contributed by atoms with E-state index in [-0.39, 0.29) is 17.6 Å². The molecule has 10 heteroatoms. The molecule has 0 saturated carbocycles. The molecule has 1 spiro atoms. The maximum absolute atomic E-state index is 12.7. The van der Waals surface area contributed by atoms with E-state index in [1.165, 1.54) is 0 Å². The third kappa shape index (κ3) is 5.41. The number of aliphatic carboxylic acids is 1. The number of alkyl halides is 3. The number of aromatic nitrogens is 1. The number of hydrogen-bond donors (Lipinski definition) is 1. The molecule has 1 amide bonds. The van der Waals surface area contributed by atoms with Gasteiger partial charge in [-0.1, -0.05) is 0 Å². The molecule has 0 aromatic carbocycles. The number of hydrogen-bond acceptors (Lipinski definition) is 5. The number of carbonyl (C=O) groups excluding carboxylic acids is 1. The fraction of sp³-hybridized carbons (Fsp3) is 0.611. The van der Waals surface area contributed by atoms with E-state index >= 15 is 0 Å². The minimum atomic E-state index is -5.08. The normalized spacial score (nSPS) is 24.2. The standard InChI is InChI=1S/C16H22N2O3.C2HF3O2/c1-11-6-13(7-12(2)17-11)15(19)18-5-4-16(10-18)8-14(20-3)9-21-16;3-2(4,5)1(6)7/h6-7,14H,4-5,8-10H2,1-3H3;(H,6,7)/t14-,16-;/m0./s1. The lowest BCUT2D eigenvalue weighted by molar-refractivity contribution is -0.192. The first-order valence-corrected chi connectivity index (χ1v) is 8.67. The van der Waals surface area contributed by atoms with Crippen LogP contribution in [-0.4, -0.2) is 71.6 Å². The predicted octanol–water partition coefficient (Wildman–Crippen LogP) is 2.35. The highest BCUT2D eigenvalue weighted by Gasteiger charge is 2.47. The highest BCUT2D eigenvalue weighted by atomic mass is 19.4. The molecule has 2 atom stereocenters. The van der Waals surface area contributed by atoms with E-state index in [0.717, 1.165) is 36.3 Å². The third-order valence-electron chi connectivity index (χ3n) is 4.68. The maximum atomic E-state index is 12.7. The van der Waals surface area contributed by atoms with Gasteiger partial charge < -0.3 is 19.5 Å². The van der Waals surface area contributed by atoms with E-state index in [9.17, 15) is 18.0 Å². The monoisotopic (exact) mass is 404 g/mol. The van der Waals surface area contributed by atoms with Crippen LogP contribution < -0.4 is 0 Å². The first kappa shape index (κ1) is 22.1. The van der Waals surface area contributed by atoms with Gasteiger partial charge in [0, 0.05) is 37.0 Å². The summed E-state index contributed by atoms with van der Waals surface area (Å²) in [6.07, 6.45) is -3.16. The molecule has 156 valence electrons. The van der Waals surface area contributed by atoms with Crippen LogP contribution in [0.15, 0.2) is 12.1 Å². The molecule has 7 nitrogen and oxygen atoms in total. The summed E-state index contributed by atoms with van der Waals surface area (Å²) < 4.78 is 43.0. The van der Waals surface area contributed by atoms with Crippen LogP contribution in [0.1, 0.15) is 34.6 Å². The molecule has 2 saturated heterocycles. The second kappa shape index (κ2) is 8.44. The number of methoxy groups -OCH3 is 1. The number of carbonyl (C=O) groups is 2. The van der Waals surface area contributed by atoms with E-state index < -0.39 is 12.1 Å². The molecule has 0 bridgehead atoms. The zero-order chi connectivity index (χ0) is 21.1. The zero-order valence-corrected chi connectivity index (χ0v) is 15.9. The number of amides is 1. The van der Waals surface area contributed by atoms with Crippen molar-refractivity contribution in [1.29, 1.82) is 0 Å². The third-order valence-corrected chi connectivity index (χ3v) is 4.68. The van der Waals surface area contributed by atoms with Crippen LogP contribution >= 0.6 is 0 Å². The molecule has 1 aromatic heterocycles. The highest BCUT2D eigenvalue weighted by molar-refractivity contribution is 5.94. The minimum absolute atomic E-state index is 0.0740. The lowest BCUT2D eigenvalue weighted by Crippen LogP contribution is -2.36. The van der Waals surface area contributed by atoms with Gasteiger partial charge >= 0.3 is 12.1 Å². The molecule has 2 fully saturated rings. The SMILES string of the molecule is CO[C@@H]1CO[C@@]2(CCN(C(=O)c3cc(C)nc(C)c3)C2)C1.O=C(O)C(F)(F)F. The Labute approximate surface area is 160 Å². The van der Waals surface area contributed by atoms with Gasteiger partial charge in [0.1, 0.15) is 0 Å². The second-order valence-electron chi connectivity index (χ2n) is 6.97. The summed E-state index contributed by atoms with van der Waals surface area (Å²) in [4.78, 5) is 27.8. The Hall–Kier alpha value is -2.20. The average Bonchev–Trinajstić information content (AvgIpc) is 3.20. The van der Waals surface area contributed by atoms with Gasteiger partial charge in [0.15, 0.2) is 0 Å². The Morgan fingerprint density at radius 2 is 1.89 bits per heavy atom. The van der Waals surface area contributed by atoms with Crippen LogP contribution in [-0.2, 0) is 14.3 Å². The van der Waals surface area contributed by atoms with E-state index in [4.69, 9.17) is 19.4 Å². The lowest BCUT2D eigenvalue weighted by atomic mass is 9.98. The van der Waals surface area contributed by atoms with Gasteiger partial charge in [-0.3, -0.25) is 9.78 Å². The molecule has 3 rings (SSSR count). The molecule has 2 aliphatic rings. The number of pyridine rings is 1. The Morgan fingerprint density at radius 3 is 2.36 bits per heavy atom. The topological polar surface area (TPSA) is 89.0 Å². The molecule has 0 radical (unpaired) electrons. The van der Waals surface area contributed by atoms with Gasteiger partial charge in [0.25, 0.3) is 5.91 Å². The maximum Gasteiger partial charge on any atom is 0.490 e. The Kier molecular flexibility index (Phi) is 6.66. The molecular formula is C18H23F3N2O5. The summed E-state index contributed by atoms with van der Waals surface area (Å²) in [6.45, 7) is 5.87. The number of nitrogens with zero attached hydrogens (tertiary/aromatic N) is 2. The van der Waals surface area contributed by atoms with Crippen LogP contribution in [0.5, 0.6) is 0 Å². The van der Waals surface area contributed by atoms with Crippen molar-refractivity contribution < 1.29 is 37.3 Å². The average molecular weight is 404 g/mol. The summed E-state index contributed by atoms with van der Waals surface area (Å²) in [5, 5.41) is 7.12. The van der Waals surface area contributed by atoms with Gasteiger partial charge in [0.05, 0.1) is 24.9 Å². The number of aryl methyl sites for hydroxylation is 2. The minimum Gasteiger partial charge on any atom is -0.475 e. The Bertz CT molecular complexity index is 720. The molecule has 0 aliphatic carbocycles. The van der Waals surface area contributed by atoms with Gasteiger partial charge in [-0.15, -0.1) is 0 Å². The zero-order valence-electron chi connectivity index (χ0n) is 15.9. The fourth-order valence-corrected chi connectivity index (χ4v) is 3.40.